The molecule has 3 rings (SSSR count). The minimum Gasteiger partial charge on any atom is -0.492 e. The first kappa shape index (κ1) is 13.3. The molecule has 0 fully saturated rings. The molecule has 0 atom stereocenters. The summed E-state index contributed by atoms with van der Waals surface area (Å²) < 4.78 is 19.3. The third-order valence-electron chi connectivity index (χ3n) is 3.27. The number of Topliss-reactive ketones (excluding diaryl/α,β-unsaturated/α-hetero) is 1. The molecule has 0 radical (unpaired) electrons. The summed E-state index contributed by atoms with van der Waals surface area (Å²) in [5.41, 5.74) is 0.156. The topological polar surface area (TPSA) is 46.6 Å². The van der Waals surface area contributed by atoms with E-state index in [0.717, 1.165) is 4.90 Å². The Labute approximate surface area is 120 Å². The number of nitrogens with zero attached hydrogens (tertiary/aromatic N) is 1. The smallest absolute Gasteiger partial charge is 0.299 e. The van der Waals surface area contributed by atoms with Crippen LogP contribution in [-0.4, -0.2) is 24.8 Å². The Hall–Kier alpha value is -2.69. The first-order chi connectivity index (χ1) is 10.2. The van der Waals surface area contributed by atoms with E-state index >= 15 is 0 Å². The van der Waals surface area contributed by atoms with Crippen LogP contribution in [0.15, 0.2) is 48.5 Å². The Morgan fingerprint density at radius 3 is 2.52 bits per heavy atom. The normalized spacial score (nSPS) is 13.5. The highest BCUT2D eigenvalue weighted by Gasteiger charge is 2.37. The van der Waals surface area contributed by atoms with Crippen molar-refractivity contribution in [2.75, 3.05) is 18.1 Å². The lowest BCUT2D eigenvalue weighted by molar-refractivity contribution is -0.114. The number of benzene rings is 2. The maximum atomic E-state index is 13.9. The highest BCUT2D eigenvalue weighted by Crippen LogP contribution is 2.31. The molecule has 1 aliphatic heterocycles. The monoisotopic (exact) mass is 285 g/mol. The van der Waals surface area contributed by atoms with Crippen LogP contribution in [0.1, 0.15) is 10.4 Å². The zero-order chi connectivity index (χ0) is 14.8. The van der Waals surface area contributed by atoms with E-state index in [2.05, 4.69) is 0 Å². The Morgan fingerprint density at radius 2 is 1.76 bits per heavy atom. The lowest BCUT2D eigenvalue weighted by atomic mass is 10.1. The van der Waals surface area contributed by atoms with Crippen molar-refractivity contribution in [3.63, 3.8) is 0 Å². The van der Waals surface area contributed by atoms with Crippen LogP contribution < -0.4 is 9.64 Å². The van der Waals surface area contributed by atoms with Gasteiger partial charge >= 0.3 is 0 Å². The van der Waals surface area contributed by atoms with Gasteiger partial charge in [0, 0.05) is 0 Å². The molecule has 1 amide bonds. The molecule has 0 spiro atoms. The largest absolute Gasteiger partial charge is 0.492 e. The van der Waals surface area contributed by atoms with Crippen molar-refractivity contribution in [3.8, 4) is 5.75 Å². The van der Waals surface area contributed by atoms with E-state index in [9.17, 15) is 14.0 Å². The number of ketones is 1. The van der Waals surface area contributed by atoms with E-state index in [1.165, 1.54) is 18.2 Å². The van der Waals surface area contributed by atoms with Gasteiger partial charge in [0.2, 0.25) is 0 Å². The number of anilines is 1. The van der Waals surface area contributed by atoms with E-state index in [-0.39, 0.29) is 24.4 Å². The molecule has 0 aliphatic carbocycles. The summed E-state index contributed by atoms with van der Waals surface area (Å²) in [7, 11) is 0. The van der Waals surface area contributed by atoms with Gasteiger partial charge in [0.05, 0.1) is 17.8 Å². The van der Waals surface area contributed by atoms with Crippen molar-refractivity contribution in [1.82, 2.24) is 0 Å². The quantitative estimate of drug-likeness (QED) is 0.811. The molecule has 1 heterocycles. The summed E-state index contributed by atoms with van der Waals surface area (Å²) in [6.45, 7) is 0.296. The molecule has 106 valence electrons. The average molecular weight is 285 g/mol. The van der Waals surface area contributed by atoms with Crippen LogP contribution in [0, 0.1) is 5.82 Å². The van der Waals surface area contributed by atoms with Gasteiger partial charge in [-0.3, -0.25) is 14.5 Å². The van der Waals surface area contributed by atoms with E-state index in [4.69, 9.17) is 4.74 Å². The molecule has 5 heteroatoms. The minimum atomic E-state index is -0.716. The zero-order valence-corrected chi connectivity index (χ0v) is 11.1. The number of carbonyl (C=O) groups is 2. The van der Waals surface area contributed by atoms with E-state index in [0.29, 0.717) is 5.75 Å². The molecule has 2 aromatic rings. The van der Waals surface area contributed by atoms with Crippen LogP contribution >= 0.6 is 0 Å². The van der Waals surface area contributed by atoms with Gasteiger partial charge in [0.25, 0.3) is 11.7 Å². The van der Waals surface area contributed by atoms with E-state index in [1.807, 2.05) is 18.2 Å². The second kappa shape index (κ2) is 5.36. The molecule has 0 N–H and O–H groups in total. The van der Waals surface area contributed by atoms with Crippen LogP contribution in [-0.2, 0) is 4.79 Å². The molecule has 0 saturated carbocycles. The number of halogens is 1. The number of hydrogen-bond donors (Lipinski definition) is 0. The van der Waals surface area contributed by atoms with Crippen molar-refractivity contribution in [3.05, 3.63) is 59.9 Å². The van der Waals surface area contributed by atoms with Crippen molar-refractivity contribution in [2.45, 2.75) is 0 Å². The lowest BCUT2D eigenvalue weighted by Crippen LogP contribution is -2.33. The molecular formula is C16H12FNO3. The Morgan fingerprint density at radius 1 is 1.00 bits per heavy atom. The fourth-order valence-electron chi connectivity index (χ4n) is 2.30. The van der Waals surface area contributed by atoms with Crippen molar-refractivity contribution < 1.29 is 18.7 Å². The third-order valence-corrected chi connectivity index (χ3v) is 3.27. The molecule has 0 unspecified atom stereocenters. The van der Waals surface area contributed by atoms with Crippen molar-refractivity contribution in [1.29, 1.82) is 0 Å². The second-order valence-electron chi connectivity index (χ2n) is 4.58. The van der Waals surface area contributed by atoms with Crippen molar-refractivity contribution in [2.24, 2.45) is 0 Å². The molecule has 0 saturated heterocycles. The Balaban J connectivity index is 1.75. The van der Waals surface area contributed by atoms with Crippen LogP contribution in [0.25, 0.3) is 0 Å². The fraction of sp³-hybridized carbons (Fsp3) is 0.125. The number of hydrogen-bond acceptors (Lipinski definition) is 3. The molecule has 0 bridgehead atoms. The molecule has 4 nitrogen and oxygen atoms in total. The summed E-state index contributed by atoms with van der Waals surface area (Å²) in [6, 6.07) is 13.2. The highest BCUT2D eigenvalue weighted by molar-refractivity contribution is 6.52. The molecular weight excluding hydrogens is 273 g/mol. The summed E-state index contributed by atoms with van der Waals surface area (Å²) in [5.74, 6) is -1.31. The fourth-order valence-corrected chi connectivity index (χ4v) is 2.30. The first-order valence-corrected chi connectivity index (χ1v) is 6.51. The van der Waals surface area contributed by atoms with Gasteiger partial charge in [-0.15, -0.1) is 0 Å². The number of fused-ring (bicyclic) bond motifs is 1. The molecule has 0 aromatic heterocycles. The third kappa shape index (κ3) is 2.38. The maximum Gasteiger partial charge on any atom is 0.299 e. The summed E-state index contributed by atoms with van der Waals surface area (Å²) in [4.78, 5) is 24.8. The summed E-state index contributed by atoms with van der Waals surface area (Å²) in [6.07, 6.45) is 0. The number of amides is 1. The van der Waals surface area contributed by atoms with E-state index in [1.54, 1.807) is 12.1 Å². The number of carbonyl (C=O) groups excluding carboxylic acids is 2. The van der Waals surface area contributed by atoms with Gasteiger partial charge in [0.15, 0.2) is 0 Å². The SMILES string of the molecule is O=C1C(=O)N(CCOc2ccccc2)c2c(F)cccc21. The van der Waals surface area contributed by atoms with Gasteiger partial charge in [-0.1, -0.05) is 24.3 Å². The van der Waals surface area contributed by atoms with Crippen LogP contribution in [0.2, 0.25) is 0 Å². The summed E-state index contributed by atoms with van der Waals surface area (Å²) >= 11 is 0. The number of para-hydroxylation sites is 2. The van der Waals surface area contributed by atoms with Crippen LogP contribution in [0.3, 0.4) is 0 Å². The average Bonchev–Trinajstić information content (AvgIpc) is 2.75. The van der Waals surface area contributed by atoms with Gasteiger partial charge in [0.1, 0.15) is 18.2 Å². The highest BCUT2D eigenvalue weighted by atomic mass is 19.1. The molecule has 2 aromatic carbocycles. The minimum absolute atomic E-state index is 0.0455. The van der Waals surface area contributed by atoms with E-state index < -0.39 is 17.5 Å². The number of rotatable bonds is 4. The Bertz CT molecular complexity index is 700. The van der Waals surface area contributed by atoms with Gasteiger partial charge in [-0.05, 0) is 24.3 Å². The zero-order valence-electron chi connectivity index (χ0n) is 11.1. The second-order valence-corrected chi connectivity index (χ2v) is 4.58. The molecule has 21 heavy (non-hydrogen) atoms. The number of ether oxygens (including phenoxy) is 1. The van der Waals surface area contributed by atoms with Crippen molar-refractivity contribution >= 4 is 17.4 Å². The first-order valence-electron chi connectivity index (χ1n) is 6.51. The lowest BCUT2D eigenvalue weighted by Gasteiger charge is -2.17. The standard InChI is InChI=1S/C16H12FNO3/c17-13-8-4-7-12-14(13)18(16(20)15(12)19)9-10-21-11-5-2-1-3-6-11/h1-8H,9-10H2. The maximum absolute atomic E-state index is 13.9. The van der Waals surface area contributed by atoms with Gasteiger partial charge < -0.3 is 4.74 Å². The summed E-state index contributed by atoms with van der Waals surface area (Å²) in [5, 5.41) is 0. The Kier molecular flexibility index (Phi) is 3.39. The molecule has 1 aliphatic rings. The van der Waals surface area contributed by atoms with Crippen LogP contribution in [0.4, 0.5) is 10.1 Å². The van der Waals surface area contributed by atoms with Gasteiger partial charge in [-0.2, -0.15) is 0 Å². The predicted octanol–water partition coefficient (Wildman–Crippen LogP) is 2.43. The van der Waals surface area contributed by atoms with Gasteiger partial charge in [-0.25, -0.2) is 4.39 Å². The predicted molar refractivity (Wildman–Crippen MR) is 75.0 cm³/mol. The van der Waals surface area contributed by atoms with Crippen LogP contribution in [0.5, 0.6) is 5.75 Å².